The second-order valence-electron chi connectivity index (χ2n) is 4.79. The lowest BCUT2D eigenvalue weighted by Crippen LogP contribution is -2.22. The molecule has 2 N–H and O–H groups in total. The maximum atomic E-state index is 12.2. The lowest BCUT2D eigenvalue weighted by molar-refractivity contribution is 0.584. The van der Waals surface area contributed by atoms with E-state index in [1.54, 1.807) is 17.4 Å². The van der Waals surface area contributed by atoms with Crippen molar-refractivity contribution in [2.24, 2.45) is 0 Å². The zero-order valence-corrected chi connectivity index (χ0v) is 14.6. The molecule has 0 aliphatic heterocycles. The number of thiophene rings is 2. The van der Waals surface area contributed by atoms with E-state index >= 15 is 0 Å². The summed E-state index contributed by atoms with van der Waals surface area (Å²) < 4.78 is 27.5. The molecule has 0 amide bonds. The molecule has 4 nitrogen and oxygen atoms in total. The Balaban J connectivity index is 1.95. The first kappa shape index (κ1) is 16.6. The third-order valence-corrected chi connectivity index (χ3v) is 6.77. The molecule has 2 aromatic rings. The molecule has 21 heavy (non-hydrogen) atoms. The SMILES string of the molecule is CCCNCc1csc(S(=O)(=O)NCc2ccc(C)s2)c1. The highest BCUT2D eigenvalue weighted by Crippen LogP contribution is 2.21. The van der Waals surface area contributed by atoms with Gasteiger partial charge in [-0.15, -0.1) is 22.7 Å². The molecule has 0 saturated carbocycles. The van der Waals surface area contributed by atoms with Gasteiger partial charge in [0.15, 0.2) is 0 Å². The second kappa shape index (κ2) is 7.51. The average molecular weight is 345 g/mol. The fourth-order valence-electron chi connectivity index (χ4n) is 1.81. The van der Waals surface area contributed by atoms with Gasteiger partial charge >= 0.3 is 0 Å². The van der Waals surface area contributed by atoms with E-state index in [0.717, 1.165) is 23.4 Å². The van der Waals surface area contributed by atoms with Crippen LogP contribution in [-0.2, 0) is 23.1 Å². The van der Waals surface area contributed by atoms with Gasteiger partial charge in [0, 0.05) is 22.8 Å². The Morgan fingerprint density at radius 3 is 2.71 bits per heavy atom. The molecule has 0 fully saturated rings. The molecular weight excluding hydrogens is 324 g/mol. The van der Waals surface area contributed by atoms with Gasteiger partial charge in [-0.1, -0.05) is 6.92 Å². The quantitative estimate of drug-likeness (QED) is 0.724. The largest absolute Gasteiger partial charge is 0.313 e. The monoisotopic (exact) mass is 344 g/mol. The predicted octanol–water partition coefficient (Wildman–Crippen LogP) is 3.10. The standard InChI is InChI=1S/C14H20N2O2S3/c1-3-6-15-8-12-7-14(19-10-12)21(17,18)16-9-13-5-4-11(2)20-13/h4-5,7,10,15-16H,3,6,8-9H2,1-2H3. The highest BCUT2D eigenvalue weighted by Gasteiger charge is 2.16. The van der Waals surface area contributed by atoms with E-state index in [2.05, 4.69) is 17.0 Å². The molecule has 116 valence electrons. The first-order valence-electron chi connectivity index (χ1n) is 6.84. The summed E-state index contributed by atoms with van der Waals surface area (Å²) in [7, 11) is -3.41. The Morgan fingerprint density at radius 2 is 2.05 bits per heavy atom. The maximum Gasteiger partial charge on any atom is 0.250 e. The van der Waals surface area contributed by atoms with Crippen molar-refractivity contribution in [3.05, 3.63) is 38.9 Å². The molecule has 0 aromatic carbocycles. The van der Waals surface area contributed by atoms with Crippen molar-refractivity contribution in [1.29, 1.82) is 0 Å². The first-order chi connectivity index (χ1) is 10.0. The molecule has 0 aliphatic rings. The van der Waals surface area contributed by atoms with E-state index < -0.39 is 10.0 Å². The van der Waals surface area contributed by atoms with Crippen LogP contribution in [0.1, 0.15) is 28.7 Å². The van der Waals surface area contributed by atoms with Gasteiger partial charge < -0.3 is 5.32 Å². The third-order valence-electron chi connectivity index (χ3n) is 2.88. The van der Waals surface area contributed by atoms with Crippen molar-refractivity contribution in [2.75, 3.05) is 6.54 Å². The molecule has 0 saturated heterocycles. The van der Waals surface area contributed by atoms with E-state index in [1.165, 1.54) is 16.2 Å². The van der Waals surface area contributed by atoms with Crippen LogP contribution in [0.15, 0.2) is 27.8 Å². The lowest BCUT2D eigenvalue weighted by Gasteiger charge is -2.03. The van der Waals surface area contributed by atoms with Gasteiger partial charge in [0.1, 0.15) is 4.21 Å². The number of nitrogens with one attached hydrogen (secondary N) is 2. The number of rotatable bonds is 8. The van der Waals surface area contributed by atoms with Crippen LogP contribution in [0.5, 0.6) is 0 Å². The van der Waals surface area contributed by atoms with Gasteiger partial charge in [0.2, 0.25) is 10.0 Å². The van der Waals surface area contributed by atoms with Crippen molar-refractivity contribution in [3.8, 4) is 0 Å². The summed E-state index contributed by atoms with van der Waals surface area (Å²) in [6.45, 7) is 6.12. The lowest BCUT2D eigenvalue weighted by atomic mass is 10.3. The Hall–Kier alpha value is -0.730. The van der Waals surface area contributed by atoms with Crippen molar-refractivity contribution in [1.82, 2.24) is 10.0 Å². The van der Waals surface area contributed by atoms with Crippen LogP contribution in [-0.4, -0.2) is 15.0 Å². The minimum atomic E-state index is -3.41. The van der Waals surface area contributed by atoms with Crippen LogP contribution in [0, 0.1) is 6.92 Å². The molecule has 0 radical (unpaired) electrons. The molecule has 0 spiro atoms. The van der Waals surface area contributed by atoms with Crippen LogP contribution in [0.3, 0.4) is 0 Å². The van der Waals surface area contributed by atoms with E-state index in [-0.39, 0.29) is 0 Å². The number of aryl methyl sites for hydroxylation is 1. The van der Waals surface area contributed by atoms with Gasteiger partial charge in [-0.2, -0.15) is 0 Å². The van der Waals surface area contributed by atoms with E-state index in [0.29, 0.717) is 17.3 Å². The summed E-state index contributed by atoms with van der Waals surface area (Å²) in [5, 5.41) is 5.17. The predicted molar refractivity (Wildman–Crippen MR) is 89.4 cm³/mol. The smallest absolute Gasteiger partial charge is 0.250 e. The summed E-state index contributed by atoms with van der Waals surface area (Å²) in [4.78, 5) is 2.21. The molecular formula is C14H20N2O2S3. The van der Waals surface area contributed by atoms with E-state index in [1.807, 2.05) is 24.4 Å². The fraction of sp³-hybridized carbons (Fsp3) is 0.429. The zero-order valence-electron chi connectivity index (χ0n) is 12.2. The molecule has 7 heteroatoms. The minimum Gasteiger partial charge on any atom is -0.313 e. The van der Waals surface area contributed by atoms with Crippen molar-refractivity contribution in [2.45, 2.75) is 37.6 Å². The normalized spacial score (nSPS) is 11.9. The molecule has 0 bridgehead atoms. The van der Waals surface area contributed by atoms with Gasteiger partial charge in [-0.25, -0.2) is 13.1 Å². The van der Waals surface area contributed by atoms with Crippen LogP contribution in [0.25, 0.3) is 0 Å². The highest BCUT2D eigenvalue weighted by molar-refractivity contribution is 7.91. The van der Waals surface area contributed by atoms with Crippen LogP contribution < -0.4 is 10.0 Å². The zero-order chi connectivity index (χ0) is 15.3. The molecule has 0 atom stereocenters. The Kier molecular flexibility index (Phi) is 5.95. The Bertz CT molecular complexity index is 674. The molecule has 2 rings (SSSR count). The van der Waals surface area contributed by atoms with Gasteiger partial charge in [-0.05, 0) is 49.0 Å². The summed E-state index contributed by atoms with van der Waals surface area (Å²) in [6.07, 6.45) is 1.07. The topological polar surface area (TPSA) is 58.2 Å². The van der Waals surface area contributed by atoms with Crippen molar-refractivity contribution < 1.29 is 8.42 Å². The molecule has 0 aliphatic carbocycles. The van der Waals surface area contributed by atoms with Gasteiger partial charge in [0.05, 0.1) is 0 Å². The van der Waals surface area contributed by atoms with E-state index in [4.69, 9.17) is 0 Å². The highest BCUT2D eigenvalue weighted by atomic mass is 32.2. The van der Waals surface area contributed by atoms with Crippen LogP contribution in [0.4, 0.5) is 0 Å². The first-order valence-corrected chi connectivity index (χ1v) is 10.0. The number of sulfonamides is 1. The van der Waals surface area contributed by atoms with Crippen LogP contribution in [0.2, 0.25) is 0 Å². The van der Waals surface area contributed by atoms with E-state index in [9.17, 15) is 8.42 Å². The summed E-state index contributed by atoms with van der Waals surface area (Å²) in [5.41, 5.74) is 1.01. The van der Waals surface area contributed by atoms with Gasteiger partial charge in [0.25, 0.3) is 0 Å². The van der Waals surface area contributed by atoms with Gasteiger partial charge in [-0.3, -0.25) is 0 Å². The summed E-state index contributed by atoms with van der Waals surface area (Å²) >= 11 is 2.88. The second-order valence-corrected chi connectivity index (χ2v) is 9.07. The maximum absolute atomic E-state index is 12.2. The molecule has 2 aromatic heterocycles. The fourth-order valence-corrected chi connectivity index (χ4v) is 5.00. The van der Waals surface area contributed by atoms with Crippen molar-refractivity contribution in [3.63, 3.8) is 0 Å². The number of hydrogen-bond donors (Lipinski definition) is 2. The third kappa shape index (κ3) is 4.89. The summed E-state index contributed by atoms with van der Waals surface area (Å²) in [6, 6.07) is 5.70. The average Bonchev–Trinajstić information content (AvgIpc) is 3.06. The molecule has 0 unspecified atom stereocenters. The number of hydrogen-bond acceptors (Lipinski definition) is 5. The Labute approximate surface area is 134 Å². The van der Waals surface area contributed by atoms with Crippen LogP contribution >= 0.6 is 22.7 Å². The molecule has 2 heterocycles. The van der Waals surface area contributed by atoms with Crippen molar-refractivity contribution >= 4 is 32.7 Å². The summed E-state index contributed by atoms with van der Waals surface area (Å²) in [5.74, 6) is 0. The minimum absolute atomic E-state index is 0.349. The Morgan fingerprint density at radius 1 is 1.24 bits per heavy atom.